The standard InChI is InChI=1S/C12H10O5/c13-9(6-10(14)12(15)16)7-2-1-3-11-8(7)4-5-17-11/h1-6,9,13-14H,(H,15,16)/b10-6+. The molecule has 0 saturated carbocycles. The molecule has 0 saturated heterocycles. The smallest absolute Gasteiger partial charge is 0.370 e. The molecular weight excluding hydrogens is 224 g/mol. The van der Waals surface area contributed by atoms with Crippen molar-refractivity contribution >= 4 is 16.9 Å². The average Bonchev–Trinajstić information content (AvgIpc) is 2.76. The van der Waals surface area contributed by atoms with Gasteiger partial charge in [0.1, 0.15) is 11.7 Å². The largest absolute Gasteiger partial charge is 0.502 e. The predicted octanol–water partition coefficient (Wildman–Crippen LogP) is 1.99. The van der Waals surface area contributed by atoms with Crippen LogP contribution in [0.3, 0.4) is 0 Å². The normalized spacial score (nSPS) is 13.8. The van der Waals surface area contributed by atoms with Gasteiger partial charge in [-0.2, -0.15) is 0 Å². The summed E-state index contributed by atoms with van der Waals surface area (Å²) in [4.78, 5) is 10.4. The highest BCUT2D eigenvalue weighted by atomic mass is 16.4. The van der Waals surface area contributed by atoms with Crippen LogP contribution in [-0.4, -0.2) is 21.3 Å². The first-order chi connectivity index (χ1) is 8.09. The number of aliphatic carboxylic acids is 1. The van der Waals surface area contributed by atoms with Crippen molar-refractivity contribution in [3.8, 4) is 0 Å². The maximum atomic E-state index is 10.4. The first-order valence-electron chi connectivity index (χ1n) is 4.88. The van der Waals surface area contributed by atoms with E-state index in [0.717, 1.165) is 6.08 Å². The molecule has 0 fully saturated rings. The first kappa shape index (κ1) is 11.2. The zero-order chi connectivity index (χ0) is 12.4. The van der Waals surface area contributed by atoms with Crippen LogP contribution in [0, 0.1) is 0 Å². The lowest BCUT2D eigenvalue weighted by Crippen LogP contribution is -2.03. The van der Waals surface area contributed by atoms with Crippen LogP contribution in [0.1, 0.15) is 11.7 Å². The van der Waals surface area contributed by atoms with E-state index in [4.69, 9.17) is 14.6 Å². The summed E-state index contributed by atoms with van der Waals surface area (Å²) in [5.41, 5.74) is 1.06. The maximum Gasteiger partial charge on any atom is 0.370 e. The molecule has 0 aliphatic carbocycles. The van der Waals surface area contributed by atoms with Crippen molar-refractivity contribution in [3.05, 3.63) is 47.9 Å². The second kappa shape index (κ2) is 4.31. The molecular formula is C12H10O5. The van der Waals surface area contributed by atoms with Gasteiger partial charge in [-0.15, -0.1) is 0 Å². The molecule has 1 atom stereocenters. The number of hydrogen-bond acceptors (Lipinski definition) is 4. The Morgan fingerprint density at radius 3 is 2.76 bits per heavy atom. The molecule has 1 unspecified atom stereocenters. The lowest BCUT2D eigenvalue weighted by Gasteiger charge is -2.07. The monoisotopic (exact) mass is 234 g/mol. The van der Waals surface area contributed by atoms with Crippen LogP contribution >= 0.6 is 0 Å². The minimum absolute atomic E-state index is 0.476. The van der Waals surface area contributed by atoms with Gasteiger partial charge in [-0.25, -0.2) is 4.79 Å². The Balaban J connectivity index is 2.43. The van der Waals surface area contributed by atoms with E-state index in [1.54, 1.807) is 24.3 Å². The van der Waals surface area contributed by atoms with Crippen molar-refractivity contribution in [1.82, 2.24) is 0 Å². The number of carboxylic acid groups (broad SMARTS) is 1. The number of carboxylic acids is 1. The Morgan fingerprint density at radius 2 is 2.06 bits per heavy atom. The second-order valence-electron chi connectivity index (χ2n) is 3.48. The van der Waals surface area contributed by atoms with E-state index < -0.39 is 17.8 Å². The van der Waals surface area contributed by atoms with Crippen LogP contribution in [0.5, 0.6) is 0 Å². The molecule has 1 heterocycles. The third-order valence-electron chi connectivity index (χ3n) is 2.38. The third kappa shape index (κ3) is 2.14. The van der Waals surface area contributed by atoms with E-state index in [0.29, 0.717) is 16.5 Å². The van der Waals surface area contributed by atoms with Crippen LogP contribution in [0.4, 0.5) is 0 Å². The van der Waals surface area contributed by atoms with Crippen molar-refractivity contribution in [2.75, 3.05) is 0 Å². The molecule has 2 rings (SSSR count). The van der Waals surface area contributed by atoms with Gasteiger partial charge in [-0.3, -0.25) is 0 Å². The van der Waals surface area contributed by atoms with Gasteiger partial charge in [0.05, 0.1) is 6.26 Å². The van der Waals surface area contributed by atoms with Crippen molar-refractivity contribution in [1.29, 1.82) is 0 Å². The minimum Gasteiger partial charge on any atom is -0.502 e. The van der Waals surface area contributed by atoms with Gasteiger partial charge in [0.2, 0.25) is 5.76 Å². The van der Waals surface area contributed by atoms with Gasteiger partial charge in [-0.05, 0) is 23.8 Å². The van der Waals surface area contributed by atoms with Gasteiger partial charge < -0.3 is 19.7 Å². The topological polar surface area (TPSA) is 90.9 Å². The number of carbonyl (C=O) groups is 1. The van der Waals surface area contributed by atoms with Crippen LogP contribution in [-0.2, 0) is 4.79 Å². The van der Waals surface area contributed by atoms with Crippen LogP contribution in [0.2, 0.25) is 0 Å². The zero-order valence-electron chi connectivity index (χ0n) is 8.70. The quantitative estimate of drug-likeness (QED) is 0.558. The molecule has 88 valence electrons. The second-order valence-corrected chi connectivity index (χ2v) is 3.48. The summed E-state index contributed by atoms with van der Waals surface area (Å²) in [5.74, 6) is -2.37. The van der Waals surface area contributed by atoms with Crippen molar-refractivity contribution in [2.24, 2.45) is 0 Å². The number of fused-ring (bicyclic) bond motifs is 1. The van der Waals surface area contributed by atoms with Crippen LogP contribution < -0.4 is 0 Å². The molecule has 5 nitrogen and oxygen atoms in total. The van der Waals surface area contributed by atoms with E-state index in [9.17, 15) is 9.90 Å². The fourth-order valence-electron chi connectivity index (χ4n) is 1.59. The number of aliphatic hydroxyl groups is 2. The Bertz CT molecular complexity index is 581. The van der Waals surface area contributed by atoms with Gasteiger partial charge in [0.15, 0.2) is 0 Å². The average molecular weight is 234 g/mol. The highest BCUT2D eigenvalue weighted by molar-refractivity contribution is 5.85. The molecule has 1 aromatic carbocycles. The van der Waals surface area contributed by atoms with Crippen LogP contribution in [0.25, 0.3) is 11.0 Å². The summed E-state index contributed by atoms with van der Waals surface area (Å²) in [7, 11) is 0. The summed E-state index contributed by atoms with van der Waals surface area (Å²) in [5, 5.41) is 28.1. The number of furan rings is 1. The zero-order valence-corrected chi connectivity index (χ0v) is 8.70. The Hall–Kier alpha value is -2.27. The number of hydrogen-bond donors (Lipinski definition) is 3. The van der Waals surface area contributed by atoms with Gasteiger partial charge in [0, 0.05) is 5.39 Å². The maximum absolute atomic E-state index is 10.4. The van der Waals surface area contributed by atoms with Crippen molar-refractivity contribution < 1.29 is 24.5 Å². The van der Waals surface area contributed by atoms with Crippen molar-refractivity contribution in [2.45, 2.75) is 6.10 Å². The minimum atomic E-state index is -1.48. The van der Waals surface area contributed by atoms with Crippen molar-refractivity contribution in [3.63, 3.8) is 0 Å². The van der Waals surface area contributed by atoms with Gasteiger partial charge in [0.25, 0.3) is 0 Å². The van der Waals surface area contributed by atoms with Gasteiger partial charge in [-0.1, -0.05) is 12.1 Å². The van der Waals surface area contributed by atoms with E-state index in [1.807, 2.05) is 0 Å². The highest BCUT2D eigenvalue weighted by Crippen LogP contribution is 2.26. The van der Waals surface area contributed by atoms with E-state index >= 15 is 0 Å². The summed E-state index contributed by atoms with van der Waals surface area (Å²) >= 11 is 0. The van der Waals surface area contributed by atoms with Gasteiger partial charge >= 0.3 is 5.97 Å². The molecule has 1 aromatic heterocycles. The lowest BCUT2D eigenvalue weighted by molar-refractivity contribution is -0.135. The molecule has 0 spiro atoms. The summed E-state index contributed by atoms with van der Waals surface area (Å²) in [6, 6.07) is 6.70. The number of rotatable bonds is 3. The van der Waals surface area contributed by atoms with Crippen LogP contribution in [0.15, 0.2) is 46.8 Å². The summed E-state index contributed by atoms with van der Waals surface area (Å²) in [6.45, 7) is 0. The Kier molecular flexibility index (Phi) is 2.84. The van der Waals surface area contributed by atoms with E-state index in [-0.39, 0.29) is 0 Å². The molecule has 3 N–H and O–H groups in total. The SMILES string of the molecule is O=C(O)/C(O)=C\C(O)c1cccc2occc12. The molecule has 0 bridgehead atoms. The molecule has 0 aliphatic rings. The lowest BCUT2D eigenvalue weighted by atomic mass is 10.0. The molecule has 0 amide bonds. The fourth-order valence-corrected chi connectivity index (χ4v) is 1.59. The molecule has 0 radical (unpaired) electrons. The van der Waals surface area contributed by atoms with E-state index in [2.05, 4.69) is 0 Å². The molecule has 0 aliphatic heterocycles. The Morgan fingerprint density at radius 1 is 1.29 bits per heavy atom. The number of benzene rings is 1. The van der Waals surface area contributed by atoms with E-state index in [1.165, 1.54) is 6.26 Å². The number of aliphatic hydroxyl groups excluding tert-OH is 2. The summed E-state index contributed by atoms with van der Waals surface area (Å²) in [6.07, 6.45) is 1.14. The molecule has 5 heteroatoms. The first-order valence-corrected chi connectivity index (χ1v) is 4.88. The molecule has 17 heavy (non-hydrogen) atoms. The Labute approximate surface area is 96.2 Å². The third-order valence-corrected chi connectivity index (χ3v) is 2.38. The fraction of sp³-hybridized carbons (Fsp3) is 0.0833. The highest BCUT2D eigenvalue weighted by Gasteiger charge is 2.13. The predicted molar refractivity (Wildman–Crippen MR) is 59.5 cm³/mol. The molecule has 2 aromatic rings. The summed E-state index contributed by atoms with van der Waals surface area (Å²) < 4.78 is 5.15.